The summed E-state index contributed by atoms with van der Waals surface area (Å²) in [6.45, 7) is 6.11. The lowest BCUT2D eigenvalue weighted by atomic mass is 9.82. The third-order valence-corrected chi connectivity index (χ3v) is 4.27. The Bertz CT molecular complexity index is 674. The highest BCUT2D eigenvalue weighted by Crippen LogP contribution is 2.40. The lowest BCUT2D eigenvalue weighted by Crippen LogP contribution is -2.52. The van der Waals surface area contributed by atoms with Gasteiger partial charge in [0.15, 0.2) is 5.78 Å². The normalized spacial score (nSPS) is 19.0. The number of hydrogen-bond donors (Lipinski definition) is 1. The average molecular weight is 317 g/mol. The van der Waals surface area contributed by atoms with Gasteiger partial charge in [-0.05, 0) is 25.1 Å². The molecule has 1 fully saturated rings. The Morgan fingerprint density at radius 1 is 1.39 bits per heavy atom. The number of phenols is 1. The highest BCUT2D eigenvalue weighted by atomic mass is 16.6. The first-order valence-corrected chi connectivity index (χ1v) is 7.56. The molecule has 1 aromatic carbocycles. The smallest absolute Gasteiger partial charge is 0.414 e. The third kappa shape index (κ3) is 3.02. The summed E-state index contributed by atoms with van der Waals surface area (Å²) in [5.74, 6) is 0.860. The molecule has 0 atom stereocenters. The Labute approximate surface area is 134 Å². The largest absolute Gasteiger partial charge is 0.508 e. The van der Waals surface area contributed by atoms with E-state index in [0.717, 1.165) is 0 Å². The first kappa shape index (κ1) is 15.4. The number of aromatic hydroxyl groups is 1. The lowest BCUT2D eigenvalue weighted by Gasteiger charge is -2.43. The number of ether oxygens (including phenoxy) is 2. The Morgan fingerprint density at radius 2 is 2.09 bits per heavy atom. The predicted molar refractivity (Wildman–Crippen MR) is 82.5 cm³/mol. The van der Waals surface area contributed by atoms with Gasteiger partial charge >= 0.3 is 6.09 Å². The maximum absolute atomic E-state index is 12.4. The van der Waals surface area contributed by atoms with Crippen LogP contribution in [0, 0.1) is 0 Å². The summed E-state index contributed by atoms with van der Waals surface area (Å²) in [5.41, 5.74) is -0.166. The van der Waals surface area contributed by atoms with E-state index in [4.69, 9.17) is 9.47 Å². The molecule has 122 valence electrons. The number of allylic oxidation sites excluding steroid dienone is 1. The van der Waals surface area contributed by atoms with Crippen molar-refractivity contribution in [1.82, 2.24) is 4.90 Å². The molecule has 6 heteroatoms. The van der Waals surface area contributed by atoms with Crippen molar-refractivity contribution in [3.05, 3.63) is 36.1 Å². The quantitative estimate of drug-likeness (QED) is 0.806. The maximum Gasteiger partial charge on any atom is 0.414 e. The van der Waals surface area contributed by atoms with Gasteiger partial charge in [0.25, 0.3) is 0 Å². The van der Waals surface area contributed by atoms with Crippen LogP contribution in [0.3, 0.4) is 0 Å². The summed E-state index contributed by atoms with van der Waals surface area (Å²) in [7, 11) is 0. The molecule has 2 aliphatic rings. The van der Waals surface area contributed by atoms with Crippen LogP contribution in [0.15, 0.2) is 30.5 Å². The van der Waals surface area contributed by atoms with E-state index in [0.29, 0.717) is 43.0 Å². The fourth-order valence-electron chi connectivity index (χ4n) is 3.07. The van der Waals surface area contributed by atoms with Gasteiger partial charge in [-0.2, -0.15) is 0 Å². The fourth-order valence-corrected chi connectivity index (χ4v) is 3.07. The number of phenolic OH excluding ortho intramolecular Hbond substituents is 1. The van der Waals surface area contributed by atoms with Crippen LogP contribution < -0.4 is 4.74 Å². The molecular formula is C17H19NO5. The zero-order chi connectivity index (χ0) is 16.6. The monoisotopic (exact) mass is 317 g/mol. The Kier molecular flexibility index (Phi) is 3.75. The van der Waals surface area contributed by atoms with Gasteiger partial charge in [-0.15, -0.1) is 0 Å². The highest BCUT2D eigenvalue weighted by molar-refractivity contribution is 6.00. The molecule has 0 bridgehead atoms. The molecule has 23 heavy (non-hydrogen) atoms. The first-order valence-electron chi connectivity index (χ1n) is 7.56. The van der Waals surface area contributed by atoms with Gasteiger partial charge in [0.2, 0.25) is 0 Å². The number of carbonyl (C=O) groups is 2. The Morgan fingerprint density at radius 3 is 2.74 bits per heavy atom. The lowest BCUT2D eigenvalue weighted by molar-refractivity contribution is -0.00652. The summed E-state index contributed by atoms with van der Waals surface area (Å²) in [6, 6.07) is 4.56. The molecule has 6 nitrogen and oxygen atoms in total. The number of likely N-dealkylation sites (tertiary alicyclic amines) is 1. The van der Waals surface area contributed by atoms with Crippen LogP contribution in [-0.4, -0.2) is 40.6 Å². The molecule has 2 heterocycles. The molecule has 1 spiro atoms. The number of Topliss-reactive ketones (excluding diaryl/α,β-unsaturated/α-hetero) is 1. The zero-order valence-corrected chi connectivity index (χ0v) is 13.0. The Balaban J connectivity index is 1.72. The second kappa shape index (κ2) is 5.61. The molecule has 1 saturated heterocycles. The highest BCUT2D eigenvalue weighted by Gasteiger charge is 2.44. The molecule has 0 radical (unpaired) electrons. The van der Waals surface area contributed by atoms with Crippen molar-refractivity contribution in [3.63, 3.8) is 0 Å². The molecule has 2 aliphatic heterocycles. The van der Waals surface area contributed by atoms with E-state index in [2.05, 4.69) is 6.58 Å². The van der Waals surface area contributed by atoms with E-state index in [1.54, 1.807) is 17.9 Å². The van der Waals surface area contributed by atoms with E-state index in [-0.39, 0.29) is 18.0 Å². The van der Waals surface area contributed by atoms with E-state index in [9.17, 15) is 14.7 Å². The summed E-state index contributed by atoms with van der Waals surface area (Å²) >= 11 is 0. The Hall–Kier alpha value is -2.50. The average Bonchev–Trinajstić information content (AvgIpc) is 2.48. The summed E-state index contributed by atoms with van der Waals surface area (Å²) < 4.78 is 11.1. The van der Waals surface area contributed by atoms with Gasteiger partial charge in [-0.1, -0.05) is 6.58 Å². The van der Waals surface area contributed by atoms with Crippen molar-refractivity contribution >= 4 is 11.9 Å². The predicted octanol–water partition coefficient (Wildman–Crippen LogP) is 2.86. The number of ketones is 1. The SMILES string of the molecule is C=C(C)OC(=O)N1CCC2(CC1)CC(=O)c1cc(O)ccc1O2. The second-order valence-corrected chi connectivity index (χ2v) is 6.12. The molecule has 0 saturated carbocycles. The van der Waals surface area contributed by atoms with Crippen molar-refractivity contribution in [2.75, 3.05) is 13.1 Å². The minimum absolute atomic E-state index is 0.0416. The van der Waals surface area contributed by atoms with E-state index < -0.39 is 11.7 Å². The molecule has 0 aliphatic carbocycles. The minimum Gasteiger partial charge on any atom is -0.508 e. The van der Waals surface area contributed by atoms with Crippen LogP contribution >= 0.6 is 0 Å². The number of amides is 1. The van der Waals surface area contributed by atoms with E-state index >= 15 is 0 Å². The van der Waals surface area contributed by atoms with Gasteiger partial charge in [-0.3, -0.25) is 4.79 Å². The number of nitrogens with zero attached hydrogens (tertiary/aromatic N) is 1. The molecule has 0 unspecified atom stereocenters. The van der Waals surface area contributed by atoms with Crippen LogP contribution in [0.2, 0.25) is 0 Å². The van der Waals surface area contributed by atoms with Crippen molar-refractivity contribution in [3.8, 4) is 11.5 Å². The van der Waals surface area contributed by atoms with Crippen LogP contribution in [0.25, 0.3) is 0 Å². The molecule has 1 N–H and O–H groups in total. The molecule has 1 aromatic rings. The van der Waals surface area contributed by atoms with Gasteiger partial charge in [0, 0.05) is 25.9 Å². The van der Waals surface area contributed by atoms with E-state index in [1.165, 1.54) is 12.1 Å². The van der Waals surface area contributed by atoms with Crippen LogP contribution in [0.4, 0.5) is 4.79 Å². The first-order chi connectivity index (χ1) is 10.9. The third-order valence-electron chi connectivity index (χ3n) is 4.27. The van der Waals surface area contributed by atoms with Crippen LogP contribution in [-0.2, 0) is 4.74 Å². The molecule has 3 rings (SSSR count). The molecule has 0 aromatic heterocycles. The number of benzene rings is 1. The number of carbonyl (C=O) groups excluding carboxylic acids is 2. The van der Waals surface area contributed by atoms with Crippen molar-refractivity contribution in [1.29, 1.82) is 0 Å². The minimum atomic E-state index is -0.582. The topological polar surface area (TPSA) is 76.1 Å². The fraction of sp³-hybridized carbons (Fsp3) is 0.412. The van der Waals surface area contributed by atoms with Gasteiger partial charge < -0.3 is 19.5 Å². The van der Waals surface area contributed by atoms with Gasteiger partial charge in [0.1, 0.15) is 17.1 Å². The van der Waals surface area contributed by atoms with Gasteiger partial charge in [-0.25, -0.2) is 4.79 Å². The van der Waals surface area contributed by atoms with Crippen molar-refractivity contribution in [2.45, 2.75) is 31.8 Å². The summed E-state index contributed by atoms with van der Waals surface area (Å²) in [5, 5.41) is 9.50. The maximum atomic E-state index is 12.4. The van der Waals surface area contributed by atoms with Gasteiger partial charge in [0.05, 0.1) is 17.7 Å². The summed E-state index contributed by atoms with van der Waals surface area (Å²) in [6.07, 6.45) is 0.960. The van der Waals surface area contributed by atoms with Crippen molar-refractivity contribution < 1.29 is 24.2 Å². The van der Waals surface area contributed by atoms with Crippen LogP contribution in [0.1, 0.15) is 36.5 Å². The number of piperidine rings is 1. The molecule has 1 amide bonds. The number of hydrogen-bond acceptors (Lipinski definition) is 5. The number of fused-ring (bicyclic) bond motifs is 1. The van der Waals surface area contributed by atoms with Crippen LogP contribution in [0.5, 0.6) is 11.5 Å². The summed E-state index contributed by atoms with van der Waals surface area (Å²) in [4.78, 5) is 25.8. The molecular weight excluding hydrogens is 298 g/mol. The zero-order valence-electron chi connectivity index (χ0n) is 13.0. The number of rotatable bonds is 1. The van der Waals surface area contributed by atoms with Crippen molar-refractivity contribution in [2.24, 2.45) is 0 Å². The second-order valence-electron chi connectivity index (χ2n) is 6.12. The standard InChI is InChI=1S/C17H19NO5/c1-11(2)22-16(21)18-7-5-17(6-8-18)10-14(20)13-9-12(19)3-4-15(13)23-17/h3-4,9,19H,1,5-8,10H2,2H3. The van der Waals surface area contributed by atoms with E-state index in [1.807, 2.05) is 0 Å².